The van der Waals surface area contributed by atoms with Crippen LogP contribution in [0.5, 0.6) is 0 Å². The van der Waals surface area contributed by atoms with Crippen molar-refractivity contribution in [2.24, 2.45) is 0 Å². The number of fused-ring (bicyclic) bond motifs is 1. The molecule has 2 amide bonds. The van der Waals surface area contributed by atoms with Crippen molar-refractivity contribution in [1.82, 2.24) is 14.8 Å². The second-order valence-electron chi connectivity index (χ2n) is 7.67. The first kappa shape index (κ1) is 20.2. The van der Waals surface area contributed by atoms with Crippen LogP contribution in [0.1, 0.15) is 40.6 Å². The second kappa shape index (κ2) is 9.13. The van der Waals surface area contributed by atoms with Gasteiger partial charge >= 0.3 is 0 Å². The van der Waals surface area contributed by atoms with Crippen LogP contribution in [-0.2, 0) is 6.54 Å². The van der Waals surface area contributed by atoms with Crippen LogP contribution in [0, 0.1) is 0 Å². The molecule has 0 unspecified atom stereocenters. The molecule has 30 heavy (non-hydrogen) atoms. The minimum atomic E-state index is -0.157. The predicted octanol–water partition coefficient (Wildman–Crippen LogP) is 3.74. The smallest absolute Gasteiger partial charge is 0.272 e. The summed E-state index contributed by atoms with van der Waals surface area (Å²) < 4.78 is 2.01. The molecule has 1 aliphatic rings. The molecule has 0 spiro atoms. The first-order valence-corrected chi connectivity index (χ1v) is 10.7. The number of likely N-dealkylation sites (tertiary alicyclic amines) is 1. The lowest BCUT2D eigenvalue weighted by molar-refractivity contribution is 0.0949. The van der Waals surface area contributed by atoms with E-state index in [0.717, 1.165) is 30.5 Å². The Balaban J connectivity index is 1.37. The number of aromatic nitrogens is 1. The highest BCUT2D eigenvalue weighted by Crippen LogP contribution is 2.21. The van der Waals surface area contributed by atoms with E-state index < -0.39 is 0 Å². The molecular weight excluding hydrogens is 376 g/mol. The van der Waals surface area contributed by atoms with Gasteiger partial charge in [-0.25, -0.2) is 0 Å². The van der Waals surface area contributed by atoms with Gasteiger partial charge in [0.25, 0.3) is 11.8 Å². The molecule has 1 aromatic heterocycles. The summed E-state index contributed by atoms with van der Waals surface area (Å²) in [7, 11) is 0. The van der Waals surface area contributed by atoms with E-state index in [1.807, 2.05) is 41.8 Å². The van der Waals surface area contributed by atoms with Gasteiger partial charge in [-0.3, -0.25) is 9.59 Å². The molecule has 1 saturated heterocycles. The van der Waals surface area contributed by atoms with E-state index in [-0.39, 0.29) is 11.8 Å². The Bertz CT molecular complexity index is 1030. The van der Waals surface area contributed by atoms with Gasteiger partial charge in [0.05, 0.1) is 0 Å². The Kier molecular flexibility index (Phi) is 6.14. The van der Waals surface area contributed by atoms with Gasteiger partial charge in [0, 0.05) is 41.8 Å². The molecule has 0 bridgehead atoms. The van der Waals surface area contributed by atoms with Crippen LogP contribution in [0.4, 0.5) is 5.69 Å². The number of aryl methyl sites for hydroxylation is 1. The SMILES string of the molecule is CCn1c(C(=O)Nc2ccc(C(=O)NCCN3CCCC3)cc2)cc2ccccc21. The summed E-state index contributed by atoms with van der Waals surface area (Å²) in [5.41, 5.74) is 2.94. The zero-order valence-electron chi connectivity index (χ0n) is 17.4. The van der Waals surface area contributed by atoms with E-state index in [2.05, 4.69) is 15.5 Å². The third-order valence-corrected chi connectivity index (χ3v) is 5.68. The molecule has 3 aromatic rings. The van der Waals surface area contributed by atoms with Crippen LogP contribution in [0.2, 0.25) is 0 Å². The minimum absolute atomic E-state index is 0.0850. The monoisotopic (exact) mass is 404 g/mol. The van der Waals surface area contributed by atoms with E-state index in [1.165, 1.54) is 12.8 Å². The number of anilines is 1. The Morgan fingerprint density at radius 3 is 2.43 bits per heavy atom. The van der Waals surface area contributed by atoms with Crippen molar-refractivity contribution in [3.8, 4) is 0 Å². The van der Waals surface area contributed by atoms with Gasteiger partial charge in [0.2, 0.25) is 0 Å². The van der Waals surface area contributed by atoms with Gasteiger partial charge < -0.3 is 20.1 Å². The molecule has 156 valence electrons. The summed E-state index contributed by atoms with van der Waals surface area (Å²) in [6, 6.07) is 16.9. The normalized spacial score (nSPS) is 14.2. The molecule has 1 fully saturated rings. The van der Waals surface area contributed by atoms with Gasteiger partial charge in [0.1, 0.15) is 5.69 Å². The quantitative estimate of drug-likeness (QED) is 0.630. The fraction of sp³-hybridized carbons (Fsp3) is 0.333. The Labute approximate surface area is 176 Å². The number of carbonyl (C=O) groups excluding carboxylic acids is 2. The first-order valence-electron chi connectivity index (χ1n) is 10.7. The summed E-state index contributed by atoms with van der Waals surface area (Å²) >= 11 is 0. The Morgan fingerprint density at radius 2 is 1.70 bits per heavy atom. The summed E-state index contributed by atoms with van der Waals surface area (Å²) in [6.07, 6.45) is 2.50. The number of nitrogens with zero attached hydrogens (tertiary/aromatic N) is 2. The molecule has 0 atom stereocenters. The lowest BCUT2D eigenvalue weighted by atomic mass is 10.2. The summed E-state index contributed by atoms with van der Waals surface area (Å²) in [4.78, 5) is 27.5. The fourth-order valence-corrected chi connectivity index (χ4v) is 4.08. The van der Waals surface area contributed by atoms with E-state index in [0.29, 0.717) is 30.0 Å². The minimum Gasteiger partial charge on any atom is -0.351 e. The largest absolute Gasteiger partial charge is 0.351 e. The van der Waals surface area contributed by atoms with Crippen molar-refractivity contribution in [3.63, 3.8) is 0 Å². The average Bonchev–Trinajstić information content (AvgIpc) is 3.41. The fourth-order valence-electron chi connectivity index (χ4n) is 4.08. The number of amides is 2. The third-order valence-electron chi connectivity index (χ3n) is 5.68. The molecule has 0 aliphatic carbocycles. The molecule has 2 aromatic carbocycles. The van der Waals surface area contributed by atoms with Crippen molar-refractivity contribution in [3.05, 3.63) is 65.9 Å². The number of rotatable bonds is 7. The zero-order valence-corrected chi connectivity index (χ0v) is 17.4. The maximum atomic E-state index is 12.8. The maximum Gasteiger partial charge on any atom is 0.272 e. The molecule has 1 aliphatic heterocycles. The standard InChI is InChI=1S/C24H28N4O2/c1-2-28-21-8-4-3-7-19(21)17-22(28)24(30)26-20-11-9-18(10-12-20)23(29)25-13-16-27-14-5-6-15-27/h3-4,7-12,17H,2,5-6,13-16H2,1H3,(H,25,29)(H,26,30). The maximum absolute atomic E-state index is 12.8. The molecule has 4 rings (SSSR count). The molecular formula is C24H28N4O2. The van der Waals surface area contributed by atoms with Crippen molar-refractivity contribution >= 4 is 28.4 Å². The van der Waals surface area contributed by atoms with Crippen LogP contribution in [0.3, 0.4) is 0 Å². The number of benzene rings is 2. The van der Waals surface area contributed by atoms with E-state index in [9.17, 15) is 9.59 Å². The van der Waals surface area contributed by atoms with E-state index in [4.69, 9.17) is 0 Å². The van der Waals surface area contributed by atoms with Crippen LogP contribution in [-0.4, -0.2) is 47.5 Å². The van der Waals surface area contributed by atoms with Crippen molar-refractivity contribution in [2.75, 3.05) is 31.5 Å². The van der Waals surface area contributed by atoms with E-state index >= 15 is 0 Å². The highest BCUT2D eigenvalue weighted by molar-refractivity contribution is 6.06. The number of hydrogen-bond donors (Lipinski definition) is 2. The number of para-hydroxylation sites is 1. The highest BCUT2D eigenvalue weighted by Gasteiger charge is 2.15. The molecule has 6 heteroatoms. The number of hydrogen-bond acceptors (Lipinski definition) is 3. The average molecular weight is 405 g/mol. The molecule has 2 N–H and O–H groups in total. The summed E-state index contributed by atoms with van der Waals surface area (Å²) in [6.45, 7) is 6.54. The molecule has 2 heterocycles. The van der Waals surface area contributed by atoms with Crippen LogP contribution in [0.25, 0.3) is 10.9 Å². The Hall–Kier alpha value is -3.12. The zero-order chi connectivity index (χ0) is 20.9. The van der Waals surface area contributed by atoms with Crippen molar-refractivity contribution < 1.29 is 9.59 Å². The predicted molar refractivity (Wildman–Crippen MR) is 120 cm³/mol. The van der Waals surface area contributed by atoms with Gasteiger partial charge in [-0.05, 0) is 69.3 Å². The van der Waals surface area contributed by atoms with E-state index in [1.54, 1.807) is 24.3 Å². The first-order chi connectivity index (χ1) is 14.7. The van der Waals surface area contributed by atoms with Crippen LogP contribution < -0.4 is 10.6 Å². The number of nitrogens with one attached hydrogen (secondary N) is 2. The van der Waals surface area contributed by atoms with Gasteiger partial charge in [-0.15, -0.1) is 0 Å². The molecule has 6 nitrogen and oxygen atoms in total. The lowest BCUT2D eigenvalue weighted by Crippen LogP contribution is -2.33. The molecule has 0 saturated carbocycles. The highest BCUT2D eigenvalue weighted by atomic mass is 16.2. The topological polar surface area (TPSA) is 66.4 Å². The lowest BCUT2D eigenvalue weighted by Gasteiger charge is -2.14. The molecule has 0 radical (unpaired) electrons. The second-order valence-corrected chi connectivity index (χ2v) is 7.67. The van der Waals surface area contributed by atoms with Crippen LogP contribution >= 0.6 is 0 Å². The van der Waals surface area contributed by atoms with Crippen molar-refractivity contribution in [2.45, 2.75) is 26.3 Å². The van der Waals surface area contributed by atoms with Crippen molar-refractivity contribution in [1.29, 1.82) is 0 Å². The number of carbonyl (C=O) groups is 2. The van der Waals surface area contributed by atoms with Gasteiger partial charge in [-0.1, -0.05) is 18.2 Å². The Morgan fingerprint density at radius 1 is 0.967 bits per heavy atom. The van der Waals surface area contributed by atoms with Gasteiger partial charge in [-0.2, -0.15) is 0 Å². The summed E-state index contributed by atoms with van der Waals surface area (Å²) in [5.74, 6) is -0.242. The van der Waals surface area contributed by atoms with Crippen LogP contribution in [0.15, 0.2) is 54.6 Å². The third kappa shape index (κ3) is 4.39. The summed E-state index contributed by atoms with van der Waals surface area (Å²) in [5, 5.41) is 6.96. The van der Waals surface area contributed by atoms with Gasteiger partial charge in [0.15, 0.2) is 0 Å².